The minimum absolute atomic E-state index is 1.25. The summed E-state index contributed by atoms with van der Waals surface area (Å²) in [4.78, 5) is 3.64. The van der Waals surface area contributed by atoms with Gasteiger partial charge in [0.25, 0.3) is 0 Å². The molecule has 0 bridgehead atoms. The van der Waals surface area contributed by atoms with Crippen molar-refractivity contribution in [3.63, 3.8) is 0 Å². The van der Waals surface area contributed by atoms with Crippen LogP contribution in [0.3, 0.4) is 0 Å². The minimum atomic E-state index is 1.25. The van der Waals surface area contributed by atoms with Crippen molar-refractivity contribution in [3.8, 4) is 0 Å². The second kappa shape index (κ2) is 4.20. The molecule has 1 aliphatic carbocycles. The summed E-state index contributed by atoms with van der Waals surface area (Å²) in [5, 5.41) is 0. The lowest BCUT2D eigenvalue weighted by Crippen LogP contribution is -2.00. The minimum Gasteiger partial charge on any atom is -0.362 e. The molecule has 0 atom stereocenters. The zero-order valence-corrected chi connectivity index (χ0v) is 9.45. The van der Waals surface area contributed by atoms with Gasteiger partial charge in [0.15, 0.2) is 0 Å². The first kappa shape index (κ1) is 9.82. The topological polar surface area (TPSA) is 15.8 Å². The van der Waals surface area contributed by atoms with Gasteiger partial charge in [0.1, 0.15) is 0 Å². The molecule has 78 valence electrons. The number of unbranched alkanes of at least 4 members (excludes halogenated alkanes) is 1. The van der Waals surface area contributed by atoms with Crippen LogP contribution >= 0.6 is 0 Å². The highest BCUT2D eigenvalue weighted by Crippen LogP contribution is 2.26. The molecule has 1 heteroatoms. The first-order chi connectivity index (χ1) is 6.83. The smallest absolute Gasteiger partial charge is 0.0184 e. The van der Waals surface area contributed by atoms with E-state index in [-0.39, 0.29) is 0 Å². The van der Waals surface area contributed by atoms with E-state index in [9.17, 15) is 0 Å². The number of hydrogen-bond donors (Lipinski definition) is 1. The molecule has 0 fully saturated rings. The van der Waals surface area contributed by atoms with Crippen LogP contribution in [0.5, 0.6) is 0 Å². The Morgan fingerprint density at radius 2 is 2.00 bits per heavy atom. The highest BCUT2D eigenvalue weighted by Gasteiger charge is 2.16. The summed E-state index contributed by atoms with van der Waals surface area (Å²) < 4.78 is 0. The molecule has 1 aromatic rings. The van der Waals surface area contributed by atoms with Crippen molar-refractivity contribution < 1.29 is 0 Å². The Morgan fingerprint density at radius 1 is 1.21 bits per heavy atom. The molecule has 0 spiro atoms. The van der Waals surface area contributed by atoms with E-state index < -0.39 is 0 Å². The Labute approximate surface area is 86.9 Å². The van der Waals surface area contributed by atoms with Crippen LogP contribution in [0.15, 0.2) is 0 Å². The van der Waals surface area contributed by atoms with Crippen molar-refractivity contribution in [1.29, 1.82) is 0 Å². The van der Waals surface area contributed by atoms with Crippen molar-refractivity contribution in [2.24, 2.45) is 0 Å². The first-order valence-electron chi connectivity index (χ1n) is 6.02. The number of aryl methyl sites for hydroxylation is 2. The number of nitrogens with one attached hydrogen (secondary N) is 1. The monoisotopic (exact) mass is 191 g/mol. The zero-order valence-electron chi connectivity index (χ0n) is 9.45. The number of H-pyrrole nitrogens is 1. The lowest BCUT2D eigenvalue weighted by Gasteiger charge is -2.10. The second-order valence-electron chi connectivity index (χ2n) is 4.50. The molecule has 0 radical (unpaired) electrons. The van der Waals surface area contributed by atoms with E-state index in [1.807, 2.05) is 0 Å². The van der Waals surface area contributed by atoms with Crippen molar-refractivity contribution in [1.82, 2.24) is 4.98 Å². The van der Waals surface area contributed by atoms with Crippen molar-refractivity contribution >= 4 is 0 Å². The Balaban J connectivity index is 2.20. The standard InChI is InChI=1S/C13H21N/c1-3-4-8-12-10(2)11-7-5-6-9-13(11)14-12/h14H,3-9H2,1-2H3. The molecule has 0 aliphatic heterocycles. The van der Waals surface area contributed by atoms with Gasteiger partial charge in [-0.05, 0) is 56.6 Å². The van der Waals surface area contributed by atoms with Gasteiger partial charge in [0, 0.05) is 11.4 Å². The van der Waals surface area contributed by atoms with E-state index in [0.29, 0.717) is 0 Å². The molecule has 0 saturated carbocycles. The van der Waals surface area contributed by atoms with Crippen LogP contribution in [0.25, 0.3) is 0 Å². The average Bonchev–Trinajstić information content (AvgIpc) is 2.54. The molecular weight excluding hydrogens is 170 g/mol. The van der Waals surface area contributed by atoms with Crippen LogP contribution in [0.2, 0.25) is 0 Å². The Bertz CT molecular complexity index is 309. The molecule has 1 aromatic heterocycles. The molecule has 0 aromatic carbocycles. The number of rotatable bonds is 3. The fourth-order valence-electron chi connectivity index (χ4n) is 2.52. The van der Waals surface area contributed by atoms with Gasteiger partial charge in [0.05, 0.1) is 0 Å². The maximum atomic E-state index is 3.64. The van der Waals surface area contributed by atoms with E-state index in [1.165, 1.54) is 50.6 Å². The third-order valence-electron chi connectivity index (χ3n) is 3.46. The molecule has 0 amide bonds. The predicted octanol–water partition coefficient (Wildman–Crippen LogP) is 3.54. The summed E-state index contributed by atoms with van der Waals surface area (Å²) in [5.74, 6) is 0. The van der Waals surface area contributed by atoms with Crippen LogP contribution in [0, 0.1) is 6.92 Å². The van der Waals surface area contributed by atoms with E-state index >= 15 is 0 Å². The normalized spacial score (nSPS) is 15.6. The number of aromatic nitrogens is 1. The van der Waals surface area contributed by atoms with E-state index in [4.69, 9.17) is 0 Å². The predicted molar refractivity (Wildman–Crippen MR) is 60.8 cm³/mol. The summed E-state index contributed by atoms with van der Waals surface area (Å²) >= 11 is 0. The van der Waals surface area contributed by atoms with Gasteiger partial charge >= 0.3 is 0 Å². The summed E-state index contributed by atoms with van der Waals surface area (Å²) in [7, 11) is 0. The largest absolute Gasteiger partial charge is 0.362 e. The first-order valence-corrected chi connectivity index (χ1v) is 6.02. The quantitative estimate of drug-likeness (QED) is 0.752. The molecule has 0 saturated heterocycles. The van der Waals surface area contributed by atoms with Gasteiger partial charge in [-0.15, -0.1) is 0 Å². The van der Waals surface area contributed by atoms with Gasteiger partial charge in [-0.25, -0.2) is 0 Å². The molecule has 14 heavy (non-hydrogen) atoms. The average molecular weight is 191 g/mol. The maximum absolute atomic E-state index is 3.64. The van der Waals surface area contributed by atoms with Crippen molar-refractivity contribution in [3.05, 3.63) is 22.5 Å². The van der Waals surface area contributed by atoms with Crippen LogP contribution in [-0.4, -0.2) is 4.98 Å². The van der Waals surface area contributed by atoms with Gasteiger partial charge in [-0.1, -0.05) is 13.3 Å². The summed E-state index contributed by atoms with van der Waals surface area (Å²) in [5.41, 5.74) is 6.26. The molecule has 2 rings (SSSR count). The third kappa shape index (κ3) is 1.73. The number of fused-ring (bicyclic) bond motifs is 1. The summed E-state index contributed by atoms with van der Waals surface area (Å²) in [6, 6.07) is 0. The highest BCUT2D eigenvalue weighted by atomic mass is 14.7. The Kier molecular flexibility index (Phi) is 2.95. The molecule has 1 aliphatic rings. The van der Waals surface area contributed by atoms with Crippen molar-refractivity contribution in [2.75, 3.05) is 0 Å². The van der Waals surface area contributed by atoms with Gasteiger partial charge in [0.2, 0.25) is 0 Å². The highest BCUT2D eigenvalue weighted by molar-refractivity contribution is 5.37. The summed E-state index contributed by atoms with van der Waals surface area (Å²) in [6.07, 6.45) is 9.21. The van der Waals surface area contributed by atoms with Gasteiger partial charge in [-0.3, -0.25) is 0 Å². The fourth-order valence-corrected chi connectivity index (χ4v) is 2.52. The van der Waals surface area contributed by atoms with Crippen molar-refractivity contribution in [2.45, 2.75) is 58.8 Å². The lowest BCUT2D eigenvalue weighted by molar-refractivity contribution is 0.674. The maximum Gasteiger partial charge on any atom is 0.0184 e. The van der Waals surface area contributed by atoms with Gasteiger partial charge < -0.3 is 4.98 Å². The molecule has 1 nitrogen and oxygen atoms in total. The van der Waals surface area contributed by atoms with Crippen LogP contribution in [0.1, 0.15) is 55.1 Å². The Morgan fingerprint density at radius 3 is 2.71 bits per heavy atom. The van der Waals surface area contributed by atoms with Gasteiger partial charge in [-0.2, -0.15) is 0 Å². The Hall–Kier alpha value is -0.720. The number of aromatic amines is 1. The lowest BCUT2D eigenvalue weighted by atomic mass is 9.95. The van der Waals surface area contributed by atoms with E-state index in [0.717, 1.165) is 0 Å². The van der Waals surface area contributed by atoms with Crippen LogP contribution < -0.4 is 0 Å². The number of hydrogen-bond acceptors (Lipinski definition) is 0. The summed E-state index contributed by atoms with van der Waals surface area (Å²) in [6.45, 7) is 4.56. The fraction of sp³-hybridized carbons (Fsp3) is 0.692. The van der Waals surface area contributed by atoms with E-state index in [1.54, 1.807) is 16.8 Å². The van der Waals surface area contributed by atoms with Crippen LogP contribution in [-0.2, 0) is 19.3 Å². The molecule has 1 heterocycles. The molecule has 0 unspecified atom stereocenters. The molecular formula is C13H21N. The molecule has 1 N–H and O–H groups in total. The third-order valence-corrected chi connectivity index (χ3v) is 3.46. The van der Waals surface area contributed by atoms with E-state index in [2.05, 4.69) is 18.8 Å². The SMILES string of the molecule is CCCCc1[nH]c2c(c1C)CCCC2. The second-order valence-corrected chi connectivity index (χ2v) is 4.50. The zero-order chi connectivity index (χ0) is 9.97. The van der Waals surface area contributed by atoms with Crippen LogP contribution in [0.4, 0.5) is 0 Å².